The lowest BCUT2D eigenvalue weighted by atomic mass is 10.4. The molecule has 1 heterocycles. The third kappa shape index (κ3) is 1.12. The summed E-state index contributed by atoms with van der Waals surface area (Å²) < 4.78 is 12.0. The van der Waals surface area contributed by atoms with Gasteiger partial charge in [-0.15, -0.1) is 0 Å². The van der Waals surface area contributed by atoms with Crippen molar-refractivity contribution in [2.45, 2.75) is 0 Å². The van der Waals surface area contributed by atoms with Gasteiger partial charge in [-0.3, -0.25) is 0 Å². The molecule has 0 aromatic rings. The Kier molecular flexibility index (Phi) is 1.38. The molecule has 3 heteroatoms. The Hall–Kier alpha value is -0.720. The monoisotopic (exact) mass is 130 g/mol. The molecule has 0 radical (unpaired) electrons. The van der Waals surface area contributed by atoms with Crippen LogP contribution in [0.1, 0.15) is 0 Å². The smallest absolute Gasteiger partial charge is 0.177 e. The summed E-state index contributed by atoms with van der Waals surface area (Å²) in [6.45, 7) is 0. The second kappa shape index (κ2) is 2.03. The highest BCUT2D eigenvalue weighted by atomic mass is 35.5. The lowest BCUT2D eigenvalue weighted by Crippen LogP contribution is -1.85. The zero-order valence-electron chi connectivity index (χ0n) is 3.86. The molecule has 0 bridgehead atoms. The van der Waals surface area contributed by atoms with Gasteiger partial charge in [0.05, 0.1) is 0 Å². The van der Waals surface area contributed by atoms with E-state index in [9.17, 15) is 4.39 Å². The molecule has 1 rings (SSSR count). The number of hydrogen-bond acceptors (Lipinski definition) is 1. The fourth-order valence-electron chi connectivity index (χ4n) is 0.339. The van der Waals surface area contributed by atoms with E-state index in [0.717, 1.165) is 6.08 Å². The van der Waals surface area contributed by atoms with Gasteiger partial charge in [-0.1, -0.05) is 0 Å². The van der Waals surface area contributed by atoms with Crippen LogP contribution in [0.3, 0.4) is 0 Å². The molecule has 0 unspecified atom stereocenters. The predicted octanol–water partition coefficient (Wildman–Crippen LogP) is 1.81. The van der Waals surface area contributed by atoms with Crippen LogP contribution >= 0.6 is 11.6 Å². The van der Waals surface area contributed by atoms with Crippen LogP contribution in [-0.4, -0.2) is 5.97 Å². The van der Waals surface area contributed by atoms with E-state index in [1.807, 2.05) is 0 Å². The second-order valence-corrected chi connectivity index (χ2v) is 1.62. The van der Waals surface area contributed by atoms with Gasteiger partial charge in [-0.2, -0.15) is 9.38 Å². The van der Waals surface area contributed by atoms with Crippen molar-refractivity contribution in [1.29, 1.82) is 0 Å². The summed E-state index contributed by atoms with van der Waals surface area (Å²) in [5.41, 5.74) is 0. The van der Waals surface area contributed by atoms with Crippen molar-refractivity contribution in [2.75, 3.05) is 0 Å². The van der Waals surface area contributed by atoms with Crippen LogP contribution in [-0.2, 0) is 0 Å². The molecule has 0 saturated carbocycles. The number of nitrogens with zero attached hydrogens (tertiary/aromatic N) is 1. The summed E-state index contributed by atoms with van der Waals surface area (Å²) in [6.07, 6.45) is 4.78. The van der Waals surface area contributed by atoms with E-state index in [4.69, 9.17) is 11.6 Å². The molecule has 1 nitrogen and oxygen atoms in total. The van der Waals surface area contributed by atoms with Gasteiger partial charge in [0.15, 0.2) is 12.3 Å². The van der Waals surface area contributed by atoms with Crippen LogP contribution in [0.5, 0.6) is 0 Å². The SMILES string of the molecule is FC1=NC=[C+]C(Cl)=C1. The van der Waals surface area contributed by atoms with Gasteiger partial charge in [0.1, 0.15) is 6.08 Å². The Balaban J connectivity index is 2.89. The molecule has 0 fully saturated rings. The van der Waals surface area contributed by atoms with E-state index >= 15 is 0 Å². The zero-order chi connectivity index (χ0) is 5.98. The fraction of sp³-hybridized carbons (Fsp3) is 0. The van der Waals surface area contributed by atoms with E-state index in [1.165, 1.54) is 6.20 Å². The number of halogens is 2. The maximum atomic E-state index is 12.0. The topological polar surface area (TPSA) is 12.4 Å². The van der Waals surface area contributed by atoms with Gasteiger partial charge in [-0.05, 0) is 11.6 Å². The minimum Gasteiger partial charge on any atom is -0.177 e. The van der Waals surface area contributed by atoms with Crippen molar-refractivity contribution in [3.63, 3.8) is 0 Å². The Morgan fingerprint density at radius 2 is 2.50 bits per heavy atom. The van der Waals surface area contributed by atoms with Gasteiger partial charge in [0, 0.05) is 0 Å². The van der Waals surface area contributed by atoms with Crippen molar-refractivity contribution in [1.82, 2.24) is 0 Å². The van der Waals surface area contributed by atoms with Gasteiger partial charge in [-0.25, -0.2) is 0 Å². The largest absolute Gasteiger partial charge is 0.301 e. The minimum absolute atomic E-state index is 0.248. The molecule has 0 aliphatic carbocycles. The first-order valence-electron chi connectivity index (χ1n) is 1.98. The van der Waals surface area contributed by atoms with Crippen LogP contribution in [0.15, 0.2) is 22.3 Å². The third-order valence-corrected chi connectivity index (χ3v) is 0.854. The molecule has 1 aliphatic heterocycles. The Morgan fingerprint density at radius 3 is 2.88 bits per heavy atom. The average molecular weight is 131 g/mol. The van der Waals surface area contributed by atoms with E-state index in [0.29, 0.717) is 0 Å². The van der Waals surface area contributed by atoms with Crippen LogP contribution in [0, 0.1) is 6.08 Å². The summed E-state index contributed by atoms with van der Waals surface area (Å²) in [4.78, 5) is 3.23. The summed E-state index contributed by atoms with van der Waals surface area (Å²) in [5.74, 6) is -0.575. The van der Waals surface area contributed by atoms with Crippen molar-refractivity contribution < 1.29 is 4.39 Å². The van der Waals surface area contributed by atoms with E-state index in [-0.39, 0.29) is 5.03 Å². The molecule has 0 amide bonds. The van der Waals surface area contributed by atoms with Crippen LogP contribution < -0.4 is 0 Å². The van der Waals surface area contributed by atoms with E-state index in [2.05, 4.69) is 11.1 Å². The van der Waals surface area contributed by atoms with Gasteiger partial charge in [0.2, 0.25) is 0 Å². The number of rotatable bonds is 0. The third-order valence-electron chi connectivity index (χ3n) is 0.636. The summed E-state index contributed by atoms with van der Waals surface area (Å²) in [7, 11) is 0. The lowest BCUT2D eigenvalue weighted by Gasteiger charge is -1.78. The van der Waals surface area contributed by atoms with E-state index < -0.39 is 5.97 Å². The highest BCUT2D eigenvalue weighted by molar-refractivity contribution is 6.32. The molecule has 1 aliphatic rings. The molecular weight excluding hydrogens is 129 g/mol. The average Bonchev–Trinajstić information content (AvgIpc) is 1.64. The molecule has 0 aromatic heterocycles. The van der Waals surface area contributed by atoms with Crippen molar-refractivity contribution in [3.05, 3.63) is 23.4 Å². The van der Waals surface area contributed by atoms with Crippen molar-refractivity contribution in [2.24, 2.45) is 4.99 Å². The highest BCUT2D eigenvalue weighted by Crippen LogP contribution is 2.07. The maximum absolute atomic E-state index is 12.0. The Morgan fingerprint density at radius 1 is 1.75 bits per heavy atom. The molecule has 0 atom stereocenters. The number of aliphatic imine (C=N–C) groups is 1. The summed E-state index contributed by atoms with van der Waals surface area (Å²) >= 11 is 5.31. The minimum atomic E-state index is -0.575. The quantitative estimate of drug-likeness (QED) is 0.444. The molecule has 0 saturated heterocycles. The molecule has 0 aromatic carbocycles. The van der Waals surface area contributed by atoms with Gasteiger partial charge in [0.25, 0.3) is 5.03 Å². The fourth-order valence-corrected chi connectivity index (χ4v) is 0.478. The standard InChI is InChI=1S/C5H2ClFN/c6-4-1-2-8-5(7)3-4/h2-3H/q+1. The Bertz CT molecular complexity index is 178. The molecule has 0 N–H and O–H groups in total. The summed E-state index contributed by atoms with van der Waals surface area (Å²) in [5, 5.41) is 0.248. The first-order chi connectivity index (χ1) is 3.79. The molecule has 0 spiro atoms. The van der Waals surface area contributed by atoms with Crippen molar-refractivity contribution in [3.8, 4) is 0 Å². The molecular formula is C5H2ClFN+. The summed E-state index contributed by atoms with van der Waals surface area (Å²) in [6, 6.07) is 0. The number of hydrogen-bond donors (Lipinski definition) is 0. The van der Waals surface area contributed by atoms with E-state index in [1.54, 1.807) is 0 Å². The molecule has 40 valence electrons. The van der Waals surface area contributed by atoms with Crippen LogP contribution in [0.2, 0.25) is 0 Å². The lowest BCUT2D eigenvalue weighted by molar-refractivity contribution is 0.811. The first-order valence-corrected chi connectivity index (χ1v) is 2.35. The van der Waals surface area contributed by atoms with Gasteiger partial charge < -0.3 is 0 Å². The maximum Gasteiger partial charge on any atom is 0.301 e. The van der Waals surface area contributed by atoms with Gasteiger partial charge >= 0.3 is 5.97 Å². The normalized spacial score (nSPS) is 16.8. The van der Waals surface area contributed by atoms with Crippen molar-refractivity contribution >= 4 is 17.6 Å². The second-order valence-electron chi connectivity index (χ2n) is 1.22. The van der Waals surface area contributed by atoms with Crippen LogP contribution in [0.4, 0.5) is 4.39 Å². The van der Waals surface area contributed by atoms with Crippen LogP contribution in [0.25, 0.3) is 0 Å². The number of allylic oxidation sites excluding steroid dienone is 3. The zero-order valence-corrected chi connectivity index (χ0v) is 4.61. The highest BCUT2D eigenvalue weighted by Gasteiger charge is 2.08. The first kappa shape index (κ1) is 5.42. The predicted molar refractivity (Wildman–Crippen MR) is 30.3 cm³/mol. The molecule has 8 heavy (non-hydrogen) atoms. The Labute approximate surface area is 51.2 Å².